The summed E-state index contributed by atoms with van der Waals surface area (Å²) in [7, 11) is 0. The van der Waals surface area contributed by atoms with Gasteiger partial charge < -0.3 is 4.90 Å². The molecule has 0 spiro atoms. The van der Waals surface area contributed by atoms with Gasteiger partial charge in [0.1, 0.15) is 0 Å². The summed E-state index contributed by atoms with van der Waals surface area (Å²) in [5.74, 6) is 0. The number of hydrogen-bond acceptors (Lipinski definition) is 1. The Labute approximate surface area is 352 Å². The molecule has 0 heterocycles. The van der Waals surface area contributed by atoms with Gasteiger partial charge in [0.15, 0.2) is 0 Å². The lowest BCUT2D eigenvalue weighted by atomic mass is 9.67. The number of nitrogens with zero attached hydrogens (tertiary/aromatic N) is 1. The van der Waals surface area contributed by atoms with E-state index in [0.29, 0.717) is 0 Å². The van der Waals surface area contributed by atoms with E-state index in [4.69, 9.17) is 0 Å². The standard InChI is InChI=1S/C59H41N/c1-4-18-42(19-5-1)44-36-38-50(39-37-44)60(57-35-16-23-45-22-10-11-30-52(45)57)51-29-15-25-47(41-51)53-32-17-34-56-58(53)54-31-12-13-33-55(54)59(56,48-26-8-3-9-27-48)49-28-14-24-46(40-49)43-20-6-2-7-21-43/h1-41H. The third-order valence-corrected chi connectivity index (χ3v) is 12.3. The van der Waals surface area contributed by atoms with Crippen LogP contribution < -0.4 is 4.90 Å². The molecule has 0 saturated carbocycles. The summed E-state index contributed by atoms with van der Waals surface area (Å²) in [6.45, 7) is 0. The van der Waals surface area contributed by atoms with Crippen LogP contribution in [0.2, 0.25) is 0 Å². The Morgan fingerprint density at radius 3 is 1.63 bits per heavy atom. The van der Waals surface area contributed by atoms with Gasteiger partial charge in [-0.25, -0.2) is 0 Å². The van der Waals surface area contributed by atoms with Crippen molar-refractivity contribution >= 4 is 27.8 Å². The molecule has 10 aromatic carbocycles. The molecule has 0 saturated heterocycles. The highest BCUT2D eigenvalue weighted by Crippen LogP contribution is 2.58. The molecule has 1 aliphatic carbocycles. The molecule has 0 fully saturated rings. The lowest BCUT2D eigenvalue weighted by Crippen LogP contribution is -2.28. The van der Waals surface area contributed by atoms with Gasteiger partial charge >= 0.3 is 0 Å². The van der Waals surface area contributed by atoms with Gasteiger partial charge in [-0.05, 0) is 109 Å². The predicted octanol–water partition coefficient (Wildman–Crippen LogP) is 15.7. The fourth-order valence-corrected chi connectivity index (χ4v) is 9.68. The first kappa shape index (κ1) is 35.4. The first-order valence-corrected chi connectivity index (χ1v) is 20.8. The van der Waals surface area contributed by atoms with Gasteiger partial charge in [-0.3, -0.25) is 0 Å². The molecular weight excluding hydrogens is 723 g/mol. The lowest BCUT2D eigenvalue weighted by Gasteiger charge is -2.34. The van der Waals surface area contributed by atoms with Gasteiger partial charge in [-0.2, -0.15) is 0 Å². The zero-order chi connectivity index (χ0) is 39.9. The Morgan fingerprint density at radius 2 is 0.833 bits per heavy atom. The fraction of sp³-hybridized carbons (Fsp3) is 0.0169. The van der Waals surface area contributed by atoms with Crippen molar-refractivity contribution in [1.29, 1.82) is 0 Å². The third-order valence-electron chi connectivity index (χ3n) is 12.3. The average molecular weight is 764 g/mol. The molecule has 0 N–H and O–H groups in total. The van der Waals surface area contributed by atoms with Crippen LogP contribution in [0.5, 0.6) is 0 Å². The van der Waals surface area contributed by atoms with Crippen LogP contribution in [0.4, 0.5) is 17.1 Å². The minimum absolute atomic E-state index is 0.527. The van der Waals surface area contributed by atoms with Crippen molar-refractivity contribution in [3.8, 4) is 44.5 Å². The van der Waals surface area contributed by atoms with Crippen LogP contribution in [0, 0.1) is 0 Å². The van der Waals surface area contributed by atoms with Crippen LogP contribution in [-0.4, -0.2) is 0 Å². The highest BCUT2D eigenvalue weighted by molar-refractivity contribution is 6.00. The van der Waals surface area contributed by atoms with Crippen LogP contribution in [0.25, 0.3) is 55.3 Å². The molecule has 1 aliphatic rings. The molecule has 282 valence electrons. The molecule has 60 heavy (non-hydrogen) atoms. The van der Waals surface area contributed by atoms with Crippen LogP contribution in [0.3, 0.4) is 0 Å². The number of benzene rings is 10. The number of fused-ring (bicyclic) bond motifs is 4. The van der Waals surface area contributed by atoms with E-state index in [9.17, 15) is 0 Å². The molecule has 1 heteroatoms. The second-order valence-electron chi connectivity index (χ2n) is 15.6. The molecule has 1 atom stereocenters. The quantitative estimate of drug-likeness (QED) is 0.149. The van der Waals surface area contributed by atoms with Crippen molar-refractivity contribution in [2.45, 2.75) is 5.41 Å². The predicted molar refractivity (Wildman–Crippen MR) is 252 cm³/mol. The summed E-state index contributed by atoms with van der Waals surface area (Å²) in [6, 6.07) is 91.0. The first-order valence-electron chi connectivity index (χ1n) is 20.8. The van der Waals surface area contributed by atoms with E-state index in [-0.39, 0.29) is 0 Å². The summed E-state index contributed by atoms with van der Waals surface area (Å²) in [5, 5.41) is 2.42. The Bertz CT molecular complexity index is 3130. The van der Waals surface area contributed by atoms with Crippen molar-refractivity contribution < 1.29 is 0 Å². The van der Waals surface area contributed by atoms with Gasteiger partial charge in [0, 0.05) is 16.8 Å². The van der Waals surface area contributed by atoms with Crippen LogP contribution in [-0.2, 0) is 5.41 Å². The maximum atomic E-state index is 2.42. The molecule has 0 aromatic heterocycles. The minimum atomic E-state index is -0.527. The fourth-order valence-electron chi connectivity index (χ4n) is 9.68. The Balaban J connectivity index is 1.12. The molecule has 10 aromatic rings. The van der Waals surface area contributed by atoms with E-state index < -0.39 is 5.41 Å². The normalized spacial score (nSPS) is 14.1. The third kappa shape index (κ3) is 5.86. The highest BCUT2D eigenvalue weighted by atomic mass is 15.1. The topological polar surface area (TPSA) is 3.24 Å². The summed E-state index contributed by atoms with van der Waals surface area (Å²) in [6.07, 6.45) is 0. The zero-order valence-electron chi connectivity index (χ0n) is 33.1. The van der Waals surface area contributed by atoms with E-state index in [2.05, 4.69) is 254 Å². The van der Waals surface area contributed by atoms with E-state index in [0.717, 1.165) is 17.1 Å². The summed E-state index contributed by atoms with van der Waals surface area (Å²) >= 11 is 0. The molecule has 1 nitrogen and oxygen atoms in total. The number of anilines is 3. The molecular formula is C59H41N. The number of hydrogen-bond donors (Lipinski definition) is 0. The molecule has 11 rings (SSSR count). The average Bonchev–Trinajstić information content (AvgIpc) is 3.64. The van der Waals surface area contributed by atoms with Gasteiger partial charge in [0.2, 0.25) is 0 Å². The molecule has 0 bridgehead atoms. The lowest BCUT2D eigenvalue weighted by molar-refractivity contribution is 0.769. The maximum absolute atomic E-state index is 2.42. The van der Waals surface area contributed by atoms with Crippen LogP contribution >= 0.6 is 0 Å². The van der Waals surface area contributed by atoms with Crippen LogP contribution in [0.1, 0.15) is 22.3 Å². The molecule has 1 unspecified atom stereocenters. The van der Waals surface area contributed by atoms with Gasteiger partial charge in [-0.15, -0.1) is 0 Å². The van der Waals surface area contributed by atoms with Crippen LogP contribution in [0.15, 0.2) is 249 Å². The van der Waals surface area contributed by atoms with E-state index in [1.54, 1.807) is 0 Å². The van der Waals surface area contributed by atoms with E-state index in [1.807, 2.05) is 0 Å². The Hall–Kier alpha value is -7.74. The Morgan fingerprint density at radius 1 is 0.300 bits per heavy atom. The molecule has 0 aliphatic heterocycles. The van der Waals surface area contributed by atoms with Gasteiger partial charge in [-0.1, -0.05) is 212 Å². The SMILES string of the molecule is c1ccc(-c2ccc(N(c3cccc(-c4cccc5c4-c4ccccc4C5(c4ccccc4)c4cccc(-c5ccccc5)c4)c3)c3cccc4ccccc34)cc2)cc1. The molecule has 0 amide bonds. The number of rotatable bonds is 8. The van der Waals surface area contributed by atoms with Gasteiger partial charge in [0.05, 0.1) is 11.1 Å². The second-order valence-corrected chi connectivity index (χ2v) is 15.6. The van der Waals surface area contributed by atoms with E-state index >= 15 is 0 Å². The smallest absolute Gasteiger partial charge is 0.0714 e. The summed E-state index contributed by atoms with van der Waals surface area (Å²) in [5.41, 5.74) is 17.7. The maximum Gasteiger partial charge on any atom is 0.0714 e. The zero-order valence-corrected chi connectivity index (χ0v) is 33.1. The van der Waals surface area contributed by atoms with E-state index in [1.165, 1.54) is 77.5 Å². The summed E-state index contributed by atoms with van der Waals surface area (Å²) in [4.78, 5) is 2.42. The monoisotopic (exact) mass is 763 g/mol. The minimum Gasteiger partial charge on any atom is -0.310 e. The second kappa shape index (κ2) is 14.9. The first-order chi connectivity index (χ1) is 29.8. The van der Waals surface area contributed by atoms with Crippen molar-refractivity contribution in [1.82, 2.24) is 0 Å². The summed E-state index contributed by atoms with van der Waals surface area (Å²) < 4.78 is 0. The largest absolute Gasteiger partial charge is 0.310 e. The van der Waals surface area contributed by atoms with Crippen molar-refractivity contribution in [2.24, 2.45) is 0 Å². The van der Waals surface area contributed by atoms with Gasteiger partial charge in [0.25, 0.3) is 0 Å². The Kier molecular flexibility index (Phi) is 8.79. The van der Waals surface area contributed by atoms with Crippen molar-refractivity contribution in [2.75, 3.05) is 4.90 Å². The molecule has 0 radical (unpaired) electrons. The highest BCUT2D eigenvalue weighted by Gasteiger charge is 2.47. The van der Waals surface area contributed by atoms with Crippen molar-refractivity contribution in [3.05, 3.63) is 271 Å². The van der Waals surface area contributed by atoms with Crippen molar-refractivity contribution in [3.63, 3.8) is 0 Å².